The van der Waals surface area contributed by atoms with Crippen LogP contribution in [0.3, 0.4) is 0 Å². The topological polar surface area (TPSA) is 84.0 Å². The molecule has 0 aromatic heterocycles. The SMILES string of the molecule is O=C(OCC(=O)N1CCc2ccccc2C1)c1ccc(Cl)c(S(=O)(=O)N2CCCC2)c1. The molecular formula is C22H23ClN2O5S. The average Bonchev–Trinajstić information content (AvgIpc) is 3.33. The van der Waals surface area contributed by atoms with E-state index in [1.807, 2.05) is 24.3 Å². The van der Waals surface area contributed by atoms with E-state index >= 15 is 0 Å². The van der Waals surface area contributed by atoms with Crippen molar-refractivity contribution < 1.29 is 22.7 Å². The van der Waals surface area contributed by atoms with Crippen LogP contribution in [0.25, 0.3) is 0 Å². The van der Waals surface area contributed by atoms with Gasteiger partial charge in [-0.25, -0.2) is 13.2 Å². The van der Waals surface area contributed by atoms with Crippen LogP contribution >= 0.6 is 11.6 Å². The van der Waals surface area contributed by atoms with Gasteiger partial charge in [0, 0.05) is 26.2 Å². The van der Waals surface area contributed by atoms with Crippen molar-refractivity contribution in [3.63, 3.8) is 0 Å². The summed E-state index contributed by atoms with van der Waals surface area (Å²) in [6.45, 7) is 1.50. The average molecular weight is 463 g/mol. The van der Waals surface area contributed by atoms with Gasteiger partial charge in [-0.1, -0.05) is 35.9 Å². The van der Waals surface area contributed by atoms with Gasteiger partial charge in [-0.2, -0.15) is 4.31 Å². The third kappa shape index (κ3) is 4.61. The highest BCUT2D eigenvalue weighted by molar-refractivity contribution is 7.89. The molecule has 0 N–H and O–H groups in total. The van der Waals surface area contributed by atoms with Gasteiger partial charge in [0.2, 0.25) is 10.0 Å². The van der Waals surface area contributed by atoms with Gasteiger partial charge in [0.25, 0.3) is 5.91 Å². The van der Waals surface area contributed by atoms with Crippen LogP contribution in [0.5, 0.6) is 0 Å². The highest BCUT2D eigenvalue weighted by Gasteiger charge is 2.30. The van der Waals surface area contributed by atoms with E-state index in [2.05, 4.69) is 0 Å². The molecule has 0 bridgehead atoms. The number of carbonyl (C=O) groups is 2. The van der Waals surface area contributed by atoms with Crippen LogP contribution in [0.15, 0.2) is 47.4 Å². The van der Waals surface area contributed by atoms with Gasteiger partial charge in [-0.3, -0.25) is 4.79 Å². The summed E-state index contributed by atoms with van der Waals surface area (Å²) in [5, 5.41) is 0.0477. The Kier molecular flexibility index (Phi) is 6.31. The zero-order valence-corrected chi connectivity index (χ0v) is 18.5. The molecule has 2 heterocycles. The Hall–Kier alpha value is -2.42. The van der Waals surface area contributed by atoms with E-state index in [1.54, 1.807) is 4.90 Å². The molecule has 0 radical (unpaired) electrons. The summed E-state index contributed by atoms with van der Waals surface area (Å²) in [6, 6.07) is 11.9. The van der Waals surface area contributed by atoms with Crippen molar-refractivity contribution in [2.45, 2.75) is 30.7 Å². The normalized spacial score (nSPS) is 16.7. The predicted molar refractivity (Wildman–Crippen MR) is 115 cm³/mol. The van der Waals surface area contributed by atoms with Crippen LogP contribution in [0.4, 0.5) is 0 Å². The Morgan fingerprint density at radius 1 is 1.00 bits per heavy atom. The second-order valence-electron chi connectivity index (χ2n) is 7.67. The van der Waals surface area contributed by atoms with Crippen molar-refractivity contribution in [1.82, 2.24) is 9.21 Å². The van der Waals surface area contributed by atoms with E-state index in [0.29, 0.717) is 26.2 Å². The van der Waals surface area contributed by atoms with E-state index in [0.717, 1.165) is 24.8 Å². The Labute approximate surface area is 186 Å². The number of benzene rings is 2. The van der Waals surface area contributed by atoms with Crippen LogP contribution in [-0.2, 0) is 32.5 Å². The molecule has 7 nitrogen and oxygen atoms in total. The highest BCUT2D eigenvalue weighted by Crippen LogP contribution is 2.28. The van der Waals surface area contributed by atoms with Gasteiger partial charge < -0.3 is 9.64 Å². The second kappa shape index (κ2) is 8.98. The van der Waals surface area contributed by atoms with Gasteiger partial charge in [-0.05, 0) is 48.6 Å². The monoisotopic (exact) mass is 462 g/mol. The molecule has 2 aromatic carbocycles. The van der Waals surface area contributed by atoms with Crippen molar-refractivity contribution in [3.05, 3.63) is 64.2 Å². The number of carbonyl (C=O) groups excluding carboxylic acids is 2. The van der Waals surface area contributed by atoms with Crippen LogP contribution in [0.1, 0.15) is 34.3 Å². The Morgan fingerprint density at radius 2 is 1.71 bits per heavy atom. The quantitative estimate of drug-likeness (QED) is 0.638. The molecule has 2 aliphatic rings. The van der Waals surface area contributed by atoms with Gasteiger partial charge in [0.05, 0.1) is 10.6 Å². The maximum atomic E-state index is 12.8. The Morgan fingerprint density at radius 3 is 2.45 bits per heavy atom. The minimum Gasteiger partial charge on any atom is -0.452 e. The molecule has 164 valence electrons. The minimum atomic E-state index is -3.78. The lowest BCUT2D eigenvalue weighted by atomic mass is 10.00. The van der Waals surface area contributed by atoms with Gasteiger partial charge in [0.1, 0.15) is 4.90 Å². The third-order valence-corrected chi connectivity index (χ3v) is 8.04. The van der Waals surface area contributed by atoms with Crippen LogP contribution in [-0.4, -0.2) is 55.7 Å². The first-order chi connectivity index (χ1) is 14.9. The zero-order chi connectivity index (χ0) is 22.0. The molecule has 9 heteroatoms. The van der Waals surface area contributed by atoms with E-state index in [-0.39, 0.29) is 21.4 Å². The molecule has 0 aliphatic carbocycles. The summed E-state index contributed by atoms with van der Waals surface area (Å²) in [7, 11) is -3.78. The summed E-state index contributed by atoms with van der Waals surface area (Å²) < 4.78 is 32.2. The van der Waals surface area contributed by atoms with Crippen molar-refractivity contribution in [2.24, 2.45) is 0 Å². The number of nitrogens with zero attached hydrogens (tertiary/aromatic N) is 2. The molecule has 0 spiro atoms. The molecule has 2 aliphatic heterocycles. The van der Waals surface area contributed by atoms with Crippen molar-refractivity contribution in [3.8, 4) is 0 Å². The van der Waals surface area contributed by atoms with Gasteiger partial charge in [-0.15, -0.1) is 0 Å². The standard InChI is InChI=1S/C22H23ClN2O5S/c23-19-8-7-17(13-20(19)31(28,29)25-10-3-4-11-25)22(27)30-15-21(26)24-12-9-16-5-1-2-6-18(16)14-24/h1-2,5-8,13H,3-4,9-12,14-15H2. The van der Waals surface area contributed by atoms with Crippen molar-refractivity contribution in [1.29, 1.82) is 0 Å². The summed E-state index contributed by atoms with van der Waals surface area (Å²) >= 11 is 6.12. The largest absolute Gasteiger partial charge is 0.452 e. The Balaban J connectivity index is 1.42. The second-order valence-corrected chi connectivity index (χ2v) is 9.98. The maximum Gasteiger partial charge on any atom is 0.338 e. The van der Waals surface area contributed by atoms with Crippen LogP contribution in [0.2, 0.25) is 5.02 Å². The number of rotatable bonds is 5. The third-order valence-electron chi connectivity index (χ3n) is 5.66. The number of sulfonamides is 1. The summed E-state index contributed by atoms with van der Waals surface area (Å²) in [6.07, 6.45) is 2.34. The lowest BCUT2D eigenvalue weighted by Crippen LogP contribution is -2.38. The lowest BCUT2D eigenvalue weighted by molar-refractivity contribution is -0.135. The lowest BCUT2D eigenvalue weighted by Gasteiger charge is -2.28. The summed E-state index contributed by atoms with van der Waals surface area (Å²) in [4.78, 5) is 26.6. The highest BCUT2D eigenvalue weighted by atomic mass is 35.5. The van der Waals surface area contributed by atoms with E-state index < -0.39 is 22.6 Å². The fourth-order valence-electron chi connectivity index (χ4n) is 3.91. The van der Waals surface area contributed by atoms with Crippen molar-refractivity contribution in [2.75, 3.05) is 26.2 Å². The molecule has 0 saturated carbocycles. The van der Waals surface area contributed by atoms with E-state index in [4.69, 9.17) is 16.3 Å². The molecule has 31 heavy (non-hydrogen) atoms. The minimum absolute atomic E-state index is 0.0407. The summed E-state index contributed by atoms with van der Waals surface area (Å²) in [5.74, 6) is -1.05. The van der Waals surface area contributed by atoms with Crippen molar-refractivity contribution >= 4 is 33.5 Å². The number of hydrogen-bond acceptors (Lipinski definition) is 5. The fraction of sp³-hybridized carbons (Fsp3) is 0.364. The maximum absolute atomic E-state index is 12.8. The molecule has 1 fully saturated rings. The number of esters is 1. The number of fused-ring (bicyclic) bond motifs is 1. The first-order valence-corrected chi connectivity index (χ1v) is 12.0. The number of ether oxygens (including phenoxy) is 1. The molecule has 4 rings (SSSR count). The molecule has 0 unspecified atom stereocenters. The number of amides is 1. The van der Waals surface area contributed by atoms with E-state index in [1.165, 1.54) is 28.1 Å². The van der Waals surface area contributed by atoms with E-state index in [9.17, 15) is 18.0 Å². The number of halogens is 1. The smallest absolute Gasteiger partial charge is 0.338 e. The first-order valence-electron chi connectivity index (χ1n) is 10.2. The zero-order valence-electron chi connectivity index (χ0n) is 16.9. The molecule has 0 atom stereocenters. The van der Waals surface area contributed by atoms with Crippen LogP contribution in [0, 0.1) is 0 Å². The number of hydrogen-bond donors (Lipinski definition) is 0. The molecule has 1 amide bonds. The fourth-order valence-corrected chi connectivity index (χ4v) is 5.92. The van der Waals surface area contributed by atoms with Gasteiger partial charge in [0.15, 0.2) is 6.61 Å². The first kappa shape index (κ1) is 21.8. The molecule has 2 aromatic rings. The van der Waals surface area contributed by atoms with Gasteiger partial charge >= 0.3 is 5.97 Å². The summed E-state index contributed by atoms with van der Waals surface area (Å²) in [5.41, 5.74) is 2.35. The van der Waals surface area contributed by atoms with Crippen LogP contribution < -0.4 is 0 Å². The molecule has 1 saturated heterocycles. The predicted octanol–water partition coefficient (Wildman–Crippen LogP) is 2.87. The molecular weight excluding hydrogens is 440 g/mol. The Bertz CT molecular complexity index is 1110.